The van der Waals surface area contributed by atoms with Crippen molar-refractivity contribution in [2.24, 2.45) is 0 Å². The van der Waals surface area contributed by atoms with E-state index in [2.05, 4.69) is 5.32 Å². The Labute approximate surface area is 126 Å². The Hall–Kier alpha value is -1.89. The van der Waals surface area contributed by atoms with Gasteiger partial charge in [0, 0.05) is 0 Å². The van der Waals surface area contributed by atoms with Gasteiger partial charge < -0.3 is 10.4 Å². The lowest BCUT2D eigenvalue weighted by atomic mass is 9.95. The standard InChI is InChI=1S/C14H18N2O4S/c1-3-4-6-14(2)12(19)16(13(20)15-14)8-9-5-7-21-10(9)11(17)18/h5,7H,3-4,6,8H2,1-2H3,(H,15,20)(H,17,18). The smallest absolute Gasteiger partial charge is 0.346 e. The second-order valence-electron chi connectivity index (χ2n) is 5.34. The van der Waals surface area contributed by atoms with E-state index >= 15 is 0 Å². The van der Waals surface area contributed by atoms with Crippen molar-refractivity contribution >= 4 is 29.2 Å². The first-order valence-electron chi connectivity index (χ1n) is 6.83. The number of hydrogen-bond donors (Lipinski definition) is 2. The molecule has 1 aromatic heterocycles. The van der Waals surface area contributed by atoms with E-state index < -0.39 is 17.5 Å². The van der Waals surface area contributed by atoms with Gasteiger partial charge >= 0.3 is 12.0 Å². The van der Waals surface area contributed by atoms with Crippen LogP contribution in [-0.4, -0.2) is 33.5 Å². The van der Waals surface area contributed by atoms with Gasteiger partial charge in [-0.3, -0.25) is 9.69 Å². The van der Waals surface area contributed by atoms with Crippen LogP contribution in [0.3, 0.4) is 0 Å². The van der Waals surface area contributed by atoms with Crippen molar-refractivity contribution in [3.63, 3.8) is 0 Å². The highest BCUT2D eigenvalue weighted by molar-refractivity contribution is 7.12. The molecule has 1 aliphatic heterocycles. The topological polar surface area (TPSA) is 86.7 Å². The molecule has 1 fully saturated rings. The van der Waals surface area contributed by atoms with Crippen LogP contribution in [0.2, 0.25) is 0 Å². The molecule has 114 valence electrons. The summed E-state index contributed by atoms with van der Waals surface area (Å²) in [6.45, 7) is 3.74. The normalized spacial score (nSPS) is 21.7. The fraction of sp³-hybridized carbons (Fsp3) is 0.500. The van der Waals surface area contributed by atoms with Crippen LogP contribution in [0.25, 0.3) is 0 Å². The van der Waals surface area contributed by atoms with Gasteiger partial charge in [-0.2, -0.15) is 0 Å². The van der Waals surface area contributed by atoms with Gasteiger partial charge in [0.25, 0.3) is 5.91 Å². The molecule has 1 aliphatic rings. The second kappa shape index (κ2) is 5.85. The molecular formula is C14H18N2O4S. The van der Waals surface area contributed by atoms with E-state index in [9.17, 15) is 14.4 Å². The minimum atomic E-state index is -1.04. The molecular weight excluding hydrogens is 292 g/mol. The zero-order chi connectivity index (χ0) is 15.6. The summed E-state index contributed by atoms with van der Waals surface area (Å²) in [5.74, 6) is -1.33. The van der Waals surface area contributed by atoms with Gasteiger partial charge in [0.05, 0.1) is 6.54 Å². The van der Waals surface area contributed by atoms with Crippen molar-refractivity contribution in [3.05, 3.63) is 21.9 Å². The number of amides is 3. The molecule has 1 unspecified atom stereocenters. The second-order valence-corrected chi connectivity index (χ2v) is 6.25. The number of nitrogens with one attached hydrogen (secondary N) is 1. The summed E-state index contributed by atoms with van der Waals surface area (Å²) in [6.07, 6.45) is 2.36. The maximum atomic E-state index is 12.4. The van der Waals surface area contributed by atoms with Crippen LogP contribution in [0.4, 0.5) is 4.79 Å². The number of hydrogen-bond acceptors (Lipinski definition) is 4. The van der Waals surface area contributed by atoms with E-state index in [4.69, 9.17) is 5.11 Å². The van der Waals surface area contributed by atoms with Gasteiger partial charge in [-0.1, -0.05) is 19.8 Å². The molecule has 0 bridgehead atoms. The summed E-state index contributed by atoms with van der Waals surface area (Å²) < 4.78 is 0. The lowest BCUT2D eigenvalue weighted by molar-refractivity contribution is -0.131. The van der Waals surface area contributed by atoms with Crippen molar-refractivity contribution in [1.29, 1.82) is 0 Å². The highest BCUT2D eigenvalue weighted by atomic mass is 32.1. The average molecular weight is 310 g/mol. The lowest BCUT2D eigenvalue weighted by Gasteiger charge is -2.21. The van der Waals surface area contributed by atoms with E-state index in [0.29, 0.717) is 12.0 Å². The lowest BCUT2D eigenvalue weighted by Crippen LogP contribution is -2.43. The number of rotatable bonds is 6. The number of unbranched alkanes of at least 4 members (excludes halogenated alkanes) is 1. The predicted octanol–water partition coefficient (Wildman–Crippen LogP) is 2.45. The Morgan fingerprint density at radius 2 is 2.19 bits per heavy atom. The summed E-state index contributed by atoms with van der Waals surface area (Å²) in [4.78, 5) is 36.8. The number of urea groups is 1. The molecule has 21 heavy (non-hydrogen) atoms. The molecule has 3 amide bonds. The molecule has 1 aromatic rings. The summed E-state index contributed by atoms with van der Waals surface area (Å²) in [7, 11) is 0. The number of thiophene rings is 1. The largest absolute Gasteiger partial charge is 0.477 e. The molecule has 0 aromatic carbocycles. The van der Waals surface area contributed by atoms with E-state index in [-0.39, 0.29) is 17.3 Å². The Balaban J connectivity index is 2.17. The monoisotopic (exact) mass is 310 g/mol. The molecule has 0 saturated carbocycles. The number of aromatic carboxylic acids is 1. The molecule has 0 aliphatic carbocycles. The van der Waals surface area contributed by atoms with Crippen molar-refractivity contribution in [3.8, 4) is 0 Å². The highest BCUT2D eigenvalue weighted by Crippen LogP contribution is 2.26. The summed E-state index contributed by atoms with van der Waals surface area (Å²) in [6, 6.07) is 1.18. The number of carbonyl (C=O) groups excluding carboxylic acids is 2. The van der Waals surface area contributed by atoms with Crippen molar-refractivity contribution < 1.29 is 19.5 Å². The van der Waals surface area contributed by atoms with Gasteiger partial charge in [-0.25, -0.2) is 9.59 Å². The summed E-state index contributed by atoms with van der Waals surface area (Å²) >= 11 is 1.09. The Morgan fingerprint density at radius 3 is 2.81 bits per heavy atom. The zero-order valence-electron chi connectivity index (χ0n) is 12.0. The van der Waals surface area contributed by atoms with Gasteiger partial charge in [-0.15, -0.1) is 11.3 Å². The SMILES string of the molecule is CCCCC1(C)NC(=O)N(Cc2ccsc2C(=O)O)C1=O. The van der Waals surface area contributed by atoms with Crippen molar-refractivity contribution in [1.82, 2.24) is 10.2 Å². The van der Waals surface area contributed by atoms with E-state index in [1.54, 1.807) is 18.4 Å². The predicted molar refractivity (Wildman–Crippen MR) is 78.3 cm³/mol. The van der Waals surface area contributed by atoms with Crippen molar-refractivity contribution in [2.75, 3.05) is 0 Å². The number of carboxylic acid groups (broad SMARTS) is 1. The first kappa shape index (κ1) is 15.5. The molecule has 2 heterocycles. The minimum absolute atomic E-state index is 0.00247. The summed E-state index contributed by atoms with van der Waals surface area (Å²) in [5.41, 5.74) is -0.400. The van der Waals surface area contributed by atoms with Gasteiger partial charge in [0.15, 0.2) is 0 Å². The maximum absolute atomic E-state index is 12.4. The fourth-order valence-corrected chi connectivity index (χ4v) is 3.16. The Kier molecular flexibility index (Phi) is 4.32. The van der Waals surface area contributed by atoms with E-state index in [1.165, 1.54) is 0 Å². The summed E-state index contributed by atoms with van der Waals surface area (Å²) in [5, 5.41) is 13.5. The van der Waals surface area contributed by atoms with E-state index in [1.807, 2.05) is 6.92 Å². The van der Waals surface area contributed by atoms with Crippen LogP contribution in [0, 0.1) is 0 Å². The molecule has 0 radical (unpaired) electrons. The molecule has 0 spiro atoms. The van der Waals surface area contributed by atoms with Crippen LogP contribution >= 0.6 is 11.3 Å². The number of imide groups is 1. The molecule has 7 heteroatoms. The molecule has 1 saturated heterocycles. The number of nitrogens with zero attached hydrogens (tertiary/aromatic N) is 1. The van der Waals surface area contributed by atoms with Gasteiger partial charge in [-0.05, 0) is 30.4 Å². The van der Waals surface area contributed by atoms with E-state index in [0.717, 1.165) is 29.1 Å². The third-order valence-electron chi connectivity index (χ3n) is 3.64. The van der Waals surface area contributed by atoms with Crippen LogP contribution in [0.1, 0.15) is 48.3 Å². The number of carbonyl (C=O) groups is 3. The molecule has 2 N–H and O–H groups in total. The number of carboxylic acids is 1. The third-order valence-corrected chi connectivity index (χ3v) is 4.59. The first-order valence-corrected chi connectivity index (χ1v) is 7.71. The minimum Gasteiger partial charge on any atom is -0.477 e. The molecule has 2 rings (SSSR count). The highest BCUT2D eigenvalue weighted by Gasteiger charge is 2.47. The quantitative estimate of drug-likeness (QED) is 0.790. The first-order chi connectivity index (χ1) is 9.89. The molecule has 1 atom stereocenters. The maximum Gasteiger partial charge on any atom is 0.346 e. The van der Waals surface area contributed by atoms with Crippen LogP contribution in [-0.2, 0) is 11.3 Å². The van der Waals surface area contributed by atoms with Crippen LogP contribution in [0.15, 0.2) is 11.4 Å². The third kappa shape index (κ3) is 2.92. The Morgan fingerprint density at radius 1 is 1.48 bits per heavy atom. The zero-order valence-corrected chi connectivity index (χ0v) is 12.8. The van der Waals surface area contributed by atoms with Crippen LogP contribution in [0.5, 0.6) is 0 Å². The Bertz CT molecular complexity index is 583. The van der Waals surface area contributed by atoms with Crippen LogP contribution < -0.4 is 5.32 Å². The molecule has 6 nitrogen and oxygen atoms in total. The fourth-order valence-electron chi connectivity index (χ4n) is 2.41. The van der Waals surface area contributed by atoms with Gasteiger partial charge in [0.2, 0.25) is 0 Å². The average Bonchev–Trinajstić information content (AvgIpc) is 2.96. The van der Waals surface area contributed by atoms with Gasteiger partial charge in [0.1, 0.15) is 10.4 Å². The van der Waals surface area contributed by atoms with Crippen molar-refractivity contribution in [2.45, 2.75) is 45.2 Å².